The molecule has 0 aliphatic rings. The van der Waals surface area contributed by atoms with Crippen molar-refractivity contribution in [3.8, 4) is 18.0 Å². The predicted molar refractivity (Wildman–Crippen MR) is 49.3 cm³/mol. The van der Waals surface area contributed by atoms with Crippen LogP contribution in [0.2, 0.25) is 0 Å². The third-order valence-corrected chi connectivity index (χ3v) is 1.69. The maximum absolute atomic E-state index is 5.26. The zero-order valence-corrected chi connectivity index (χ0v) is 6.88. The van der Waals surface area contributed by atoms with E-state index in [1.165, 1.54) is 0 Å². The Kier molecular flexibility index (Phi) is 1.81. The van der Waals surface area contributed by atoms with Crippen LogP contribution in [0.5, 0.6) is 0 Å². The topological polar surface area (TPSA) is 30.7 Å². The van der Waals surface area contributed by atoms with Crippen molar-refractivity contribution >= 4 is 0 Å². The van der Waals surface area contributed by atoms with E-state index in [9.17, 15) is 0 Å². The second-order valence-corrected chi connectivity index (χ2v) is 2.55. The molecule has 2 aromatic rings. The van der Waals surface area contributed by atoms with Crippen LogP contribution in [0.1, 0.15) is 5.56 Å². The number of aromatic nitrogens is 3. The molecule has 0 atom stereocenters. The van der Waals surface area contributed by atoms with E-state index in [1.807, 2.05) is 16.8 Å². The number of terminal acetylenes is 1. The van der Waals surface area contributed by atoms with E-state index < -0.39 is 0 Å². The van der Waals surface area contributed by atoms with Crippen LogP contribution < -0.4 is 0 Å². The quantitative estimate of drug-likeness (QED) is 0.601. The summed E-state index contributed by atoms with van der Waals surface area (Å²) in [7, 11) is 0. The molecule has 0 unspecified atom stereocenters. The van der Waals surface area contributed by atoms with Crippen molar-refractivity contribution in [2.45, 2.75) is 0 Å². The fraction of sp³-hybridized carbons (Fsp3) is 0. The van der Waals surface area contributed by atoms with E-state index in [1.54, 1.807) is 24.9 Å². The lowest BCUT2D eigenvalue weighted by molar-refractivity contribution is 1.04. The zero-order valence-electron chi connectivity index (χ0n) is 6.88. The van der Waals surface area contributed by atoms with Gasteiger partial charge in [-0.25, -0.2) is 4.98 Å². The molecule has 0 amide bonds. The minimum Gasteiger partial charge on any atom is -0.305 e. The zero-order chi connectivity index (χ0) is 9.10. The van der Waals surface area contributed by atoms with Gasteiger partial charge in [0.25, 0.3) is 0 Å². The number of imidazole rings is 1. The fourth-order valence-corrected chi connectivity index (χ4v) is 1.06. The molecule has 0 radical (unpaired) electrons. The van der Waals surface area contributed by atoms with Gasteiger partial charge in [0.15, 0.2) is 0 Å². The maximum Gasteiger partial charge on any atom is 0.0992 e. The SMILES string of the molecule is C#Cc1cncc(-n2ccnc2)c1. The molecule has 2 aromatic heterocycles. The lowest BCUT2D eigenvalue weighted by Gasteiger charge is -2.00. The van der Waals surface area contributed by atoms with Gasteiger partial charge in [0.05, 0.1) is 18.2 Å². The van der Waals surface area contributed by atoms with Gasteiger partial charge >= 0.3 is 0 Å². The normalized spacial score (nSPS) is 9.46. The molecule has 0 saturated heterocycles. The minimum absolute atomic E-state index is 0.770. The molecular formula is C10H7N3. The molecule has 3 nitrogen and oxygen atoms in total. The summed E-state index contributed by atoms with van der Waals surface area (Å²) in [5, 5.41) is 0. The molecule has 0 bridgehead atoms. The molecule has 62 valence electrons. The highest BCUT2D eigenvalue weighted by atomic mass is 15.0. The molecular weight excluding hydrogens is 162 g/mol. The third kappa shape index (κ3) is 1.42. The lowest BCUT2D eigenvalue weighted by Crippen LogP contribution is -1.91. The molecule has 13 heavy (non-hydrogen) atoms. The van der Waals surface area contributed by atoms with Crippen LogP contribution in [-0.4, -0.2) is 14.5 Å². The number of nitrogens with zero attached hydrogens (tertiary/aromatic N) is 3. The van der Waals surface area contributed by atoms with Crippen molar-refractivity contribution in [1.29, 1.82) is 0 Å². The monoisotopic (exact) mass is 169 g/mol. The van der Waals surface area contributed by atoms with E-state index in [0.717, 1.165) is 11.3 Å². The van der Waals surface area contributed by atoms with Gasteiger partial charge in [0, 0.05) is 24.2 Å². The Morgan fingerprint density at radius 1 is 1.31 bits per heavy atom. The summed E-state index contributed by atoms with van der Waals surface area (Å²) >= 11 is 0. The van der Waals surface area contributed by atoms with E-state index in [-0.39, 0.29) is 0 Å². The summed E-state index contributed by atoms with van der Waals surface area (Å²) in [4.78, 5) is 7.96. The molecule has 2 heterocycles. The van der Waals surface area contributed by atoms with Gasteiger partial charge in [-0.05, 0) is 6.07 Å². The average molecular weight is 169 g/mol. The van der Waals surface area contributed by atoms with Crippen molar-refractivity contribution in [2.75, 3.05) is 0 Å². The van der Waals surface area contributed by atoms with Gasteiger partial charge in [-0.15, -0.1) is 6.42 Å². The number of hydrogen-bond donors (Lipinski definition) is 0. The summed E-state index contributed by atoms with van der Waals surface area (Å²) in [5.41, 5.74) is 1.69. The van der Waals surface area contributed by atoms with E-state index in [4.69, 9.17) is 6.42 Å². The molecule has 0 aliphatic carbocycles. The smallest absolute Gasteiger partial charge is 0.0992 e. The number of pyridine rings is 1. The molecule has 0 spiro atoms. The molecule has 0 aromatic carbocycles. The fourth-order valence-electron chi connectivity index (χ4n) is 1.06. The van der Waals surface area contributed by atoms with Crippen LogP contribution in [0, 0.1) is 12.3 Å². The molecule has 0 saturated carbocycles. The maximum atomic E-state index is 5.26. The highest BCUT2D eigenvalue weighted by Gasteiger charge is 1.95. The van der Waals surface area contributed by atoms with Gasteiger partial charge in [0.1, 0.15) is 0 Å². The van der Waals surface area contributed by atoms with Crippen molar-refractivity contribution in [3.63, 3.8) is 0 Å². The van der Waals surface area contributed by atoms with E-state index in [0.29, 0.717) is 0 Å². The Labute approximate surface area is 76.1 Å². The van der Waals surface area contributed by atoms with Gasteiger partial charge in [0.2, 0.25) is 0 Å². The van der Waals surface area contributed by atoms with Crippen LogP contribution >= 0.6 is 0 Å². The minimum atomic E-state index is 0.770. The van der Waals surface area contributed by atoms with E-state index in [2.05, 4.69) is 15.9 Å². The van der Waals surface area contributed by atoms with Crippen LogP contribution in [0.15, 0.2) is 37.2 Å². The summed E-state index contributed by atoms with van der Waals surface area (Å²) in [6.07, 6.45) is 13.9. The molecule has 0 fully saturated rings. The first-order valence-electron chi connectivity index (χ1n) is 3.80. The highest BCUT2D eigenvalue weighted by molar-refractivity contribution is 5.39. The van der Waals surface area contributed by atoms with Gasteiger partial charge in [-0.3, -0.25) is 4.98 Å². The first-order valence-corrected chi connectivity index (χ1v) is 3.80. The summed E-state index contributed by atoms with van der Waals surface area (Å²) in [6.45, 7) is 0. The Bertz CT molecular complexity index is 437. The van der Waals surface area contributed by atoms with Gasteiger partial charge in [-0.2, -0.15) is 0 Å². The molecule has 2 rings (SSSR count). The molecule has 0 N–H and O–H groups in total. The highest BCUT2D eigenvalue weighted by Crippen LogP contribution is 2.06. The molecule has 3 heteroatoms. The predicted octanol–water partition coefficient (Wildman–Crippen LogP) is 1.25. The Balaban J connectivity index is 2.49. The largest absolute Gasteiger partial charge is 0.305 e. The lowest BCUT2D eigenvalue weighted by atomic mass is 10.3. The summed E-state index contributed by atoms with van der Waals surface area (Å²) in [5.74, 6) is 2.53. The van der Waals surface area contributed by atoms with Crippen LogP contribution in [0.4, 0.5) is 0 Å². The Hall–Kier alpha value is -2.08. The van der Waals surface area contributed by atoms with E-state index >= 15 is 0 Å². The summed E-state index contributed by atoms with van der Waals surface area (Å²) in [6, 6.07) is 1.88. The number of hydrogen-bond acceptors (Lipinski definition) is 2. The average Bonchev–Trinajstić information content (AvgIpc) is 2.71. The van der Waals surface area contributed by atoms with Crippen molar-refractivity contribution < 1.29 is 0 Å². The Morgan fingerprint density at radius 3 is 2.92 bits per heavy atom. The second kappa shape index (κ2) is 3.11. The van der Waals surface area contributed by atoms with Gasteiger partial charge in [-0.1, -0.05) is 5.92 Å². The molecule has 0 aliphatic heterocycles. The van der Waals surface area contributed by atoms with Crippen LogP contribution in [-0.2, 0) is 0 Å². The van der Waals surface area contributed by atoms with Crippen LogP contribution in [0.3, 0.4) is 0 Å². The van der Waals surface area contributed by atoms with Gasteiger partial charge < -0.3 is 4.57 Å². The summed E-state index contributed by atoms with van der Waals surface area (Å²) < 4.78 is 1.86. The standard InChI is InChI=1S/C10H7N3/c1-2-9-5-10(7-12-6-9)13-4-3-11-8-13/h1,3-8H. The van der Waals surface area contributed by atoms with Crippen LogP contribution in [0.25, 0.3) is 5.69 Å². The van der Waals surface area contributed by atoms with Crippen molar-refractivity contribution in [2.24, 2.45) is 0 Å². The first-order chi connectivity index (χ1) is 6.40. The van der Waals surface area contributed by atoms with Crippen molar-refractivity contribution in [1.82, 2.24) is 14.5 Å². The Morgan fingerprint density at radius 2 is 2.23 bits per heavy atom. The number of rotatable bonds is 1. The van der Waals surface area contributed by atoms with Crippen molar-refractivity contribution in [3.05, 3.63) is 42.7 Å². The third-order valence-electron chi connectivity index (χ3n) is 1.69. The second-order valence-electron chi connectivity index (χ2n) is 2.55. The first kappa shape index (κ1) is 7.56.